The van der Waals surface area contributed by atoms with Crippen LogP contribution in [0.2, 0.25) is 0 Å². The molecule has 82 valence electrons. The van der Waals surface area contributed by atoms with E-state index in [0.717, 1.165) is 17.5 Å². The zero-order chi connectivity index (χ0) is 11.4. The third-order valence-electron chi connectivity index (χ3n) is 2.70. The van der Waals surface area contributed by atoms with Crippen molar-refractivity contribution < 1.29 is 0 Å². The Morgan fingerprint density at radius 3 is 2.62 bits per heavy atom. The van der Waals surface area contributed by atoms with Crippen molar-refractivity contribution in [2.45, 2.75) is 19.9 Å². The van der Waals surface area contributed by atoms with Crippen LogP contribution in [-0.2, 0) is 13.0 Å². The molecule has 0 saturated heterocycles. The standard InChI is InChI=1S/C14H16N2/c1-2-11-4-3-5-13(6-11)14-7-12(8-15)9-16-10-14/h3-7,9-10H,2,8,15H2,1H3. The summed E-state index contributed by atoms with van der Waals surface area (Å²) in [5, 5.41) is 0. The van der Waals surface area contributed by atoms with E-state index < -0.39 is 0 Å². The Hall–Kier alpha value is -1.67. The highest BCUT2D eigenvalue weighted by atomic mass is 14.6. The summed E-state index contributed by atoms with van der Waals surface area (Å²) in [4.78, 5) is 4.21. The predicted molar refractivity (Wildman–Crippen MR) is 66.9 cm³/mol. The molecule has 0 atom stereocenters. The lowest BCUT2D eigenvalue weighted by Gasteiger charge is -2.05. The number of aromatic nitrogens is 1. The molecule has 2 aromatic rings. The minimum absolute atomic E-state index is 0.536. The van der Waals surface area contributed by atoms with E-state index >= 15 is 0 Å². The first-order chi connectivity index (χ1) is 7.83. The van der Waals surface area contributed by atoms with E-state index in [0.29, 0.717) is 6.54 Å². The number of aryl methyl sites for hydroxylation is 1. The minimum Gasteiger partial charge on any atom is -0.326 e. The van der Waals surface area contributed by atoms with Crippen molar-refractivity contribution in [2.75, 3.05) is 0 Å². The number of benzene rings is 1. The fraction of sp³-hybridized carbons (Fsp3) is 0.214. The largest absolute Gasteiger partial charge is 0.326 e. The molecule has 0 amide bonds. The predicted octanol–water partition coefficient (Wildman–Crippen LogP) is 2.77. The second kappa shape index (κ2) is 4.90. The van der Waals surface area contributed by atoms with Gasteiger partial charge in [0.15, 0.2) is 0 Å². The average molecular weight is 212 g/mol. The molecule has 0 saturated carbocycles. The highest BCUT2D eigenvalue weighted by molar-refractivity contribution is 5.63. The molecule has 0 aliphatic heterocycles. The Balaban J connectivity index is 2.41. The minimum atomic E-state index is 0.536. The van der Waals surface area contributed by atoms with Gasteiger partial charge in [0.25, 0.3) is 0 Å². The summed E-state index contributed by atoms with van der Waals surface area (Å²) in [6.45, 7) is 2.70. The second-order valence-electron chi connectivity index (χ2n) is 3.84. The van der Waals surface area contributed by atoms with Crippen LogP contribution in [0, 0.1) is 0 Å². The monoisotopic (exact) mass is 212 g/mol. The molecule has 0 bridgehead atoms. The van der Waals surface area contributed by atoms with Crippen LogP contribution in [0.4, 0.5) is 0 Å². The lowest BCUT2D eigenvalue weighted by atomic mass is 10.0. The van der Waals surface area contributed by atoms with Crippen LogP contribution in [-0.4, -0.2) is 4.98 Å². The van der Waals surface area contributed by atoms with Crippen molar-refractivity contribution in [2.24, 2.45) is 5.73 Å². The average Bonchev–Trinajstić information content (AvgIpc) is 2.39. The van der Waals surface area contributed by atoms with Gasteiger partial charge in [-0.3, -0.25) is 4.98 Å². The number of pyridine rings is 1. The van der Waals surface area contributed by atoms with Crippen LogP contribution < -0.4 is 5.73 Å². The molecule has 0 aliphatic rings. The number of hydrogen-bond acceptors (Lipinski definition) is 2. The molecule has 1 aromatic carbocycles. The number of nitrogens with zero attached hydrogens (tertiary/aromatic N) is 1. The molecule has 0 spiro atoms. The van der Waals surface area contributed by atoms with E-state index in [1.165, 1.54) is 11.1 Å². The first-order valence-electron chi connectivity index (χ1n) is 5.56. The van der Waals surface area contributed by atoms with Crippen molar-refractivity contribution in [3.05, 3.63) is 53.9 Å². The molecule has 1 heterocycles. The topological polar surface area (TPSA) is 38.9 Å². The number of nitrogens with two attached hydrogens (primary N) is 1. The lowest BCUT2D eigenvalue weighted by molar-refractivity contribution is 1.05. The number of hydrogen-bond donors (Lipinski definition) is 1. The van der Waals surface area contributed by atoms with Gasteiger partial charge in [-0.2, -0.15) is 0 Å². The molecule has 2 N–H and O–H groups in total. The maximum atomic E-state index is 5.61. The quantitative estimate of drug-likeness (QED) is 0.849. The molecule has 0 fully saturated rings. The van der Waals surface area contributed by atoms with Crippen LogP contribution in [0.3, 0.4) is 0 Å². The Bertz CT molecular complexity index is 432. The normalized spacial score (nSPS) is 10.4. The summed E-state index contributed by atoms with van der Waals surface area (Å²) in [6.07, 6.45) is 4.75. The van der Waals surface area contributed by atoms with Crippen LogP contribution in [0.25, 0.3) is 11.1 Å². The number of rotatable bonds is 3. The Kier molecular flexibility index (Phi) is 3.32. The Morgan fingerprint density at radius 1 is 1.06 bits per heavy atom. The highest BCUT2D eigenvalue weighted by Crippen LogP contribution is 2.20. The first kappa shape index (κ1) is 10.8. The zero-order valence-corrected chi connectivity index (χ0v) is 9.48. The van der Waals surface area contributed by atoms with Gasteiger partial charge in [0.1, 0.15) is 0 Å². The summed E-state index contributed by atoms with van der Waals surface area (Å²) < 4.78 is 0. The third kappa shape index (κ3) is 2.28. The van der Waals surface area contributed by atoms with Gasteiger partial charge in [0, 0.05) is 24.5 Å². The lowest BCUT2D eigenvalue weighted by Crippen LogP contribution is -1.97. The van der Waals surface area contributed by atoms with Crippen LogP contribution in [0.1, 0.15) is 18.1 Å². The van der Waals surface area contributed by atoms with Gasteiger partial charge in [-0.25, -0.2) is 0 Å². The van der Waals surface area contributed by atoms with Gasteiger partial charge < -0.3 is 5.73 Å². The first-order valence-corrected chi connectivity index (χ1v) is 5.56. The molecular formula is C14H16N2. The zero-order valence-electron chi connectivity index (χ0n) is 9.48. The van der Waals surface area contributed by atoms with E-state index in [2.05, 4.69) is 42.2 Å². The molecular weight excluding hydrogens is 196 g/mol. The van der Waals surface area contributed by atoms with E-state index in [1.54, 1.807) is 0 Å². The van der Waals surface area contributed by atoms with Crippen molar-refractivity contribution in [3.63, 3.8) is 0 Å². The van der Waals surface area contributed by atoms with Crippen molar-refractivity contribution in [1.29, 1.82) is 0 Å². The van der Waals surface area contributed by atoms with Gasteiger partial charge in [0.2, 0.25) is 0 Å². The van der Waals surface area contributed by atoms with Crippen LogP contribution >= 0.6 is 0 Å². The summed E-state index contributed by atoms with van der Waals surface area (Å²) in [5.41, 5.74) is 10.4. The summed E-state index contributed by atoms with van der Waals surface area (Å²) in [7, 11) is 0. The molecule has 1 aromatic heterocycles. The van der Waals surface area contributed by atoms with Crippen molar-refractivity contribution in [3.8, 4) is 11.1 Å². The van der Waals surface area contributed by atoms with Gasteiger partial charge in [-0.15, -0.1) is 0 Å². The van der Waals surface area contributed by atoms with E-state index in [-0.39, 0.29) is 0 Å². The maximum Gasteiger partial charge on any atom is 0.0346 e. The van der Waals surface area contributed by atoms with Gasteiger partial charge in [-0.1, -0.05) is 31.2 Å². The fourth-order valence-electron chi connectivity index (χ4n) is 1.73. The van der Waals surface area contributed by atoms with Crippen LogP contribution in [0.5, 0.6) is 0 Å². The smallest absolute Gasteiger partial charge is 0.0346 e. The van der Waals surface area contributed by atoms with Crippen molar-refractivity contribution >= 4 is 0 Å². The molecule has 0 radical (unpaired) electrons. The Labute approximate surface area is 96.1 Å². The van der Waals surface area contributed by atoms with E-state index in [4.69, 9.17) is 5.73 Å². The van der Waals surface area contributed by atoms with E-state index in [9.17, 15) is 0 Å². The fourth-order valence-corrected chi connectivity index (χ4v) is 1.73. The molecule has 0 aliphatic carbocycles. The van der Waals surface area contributed by atoms with Crippen molar-refractivity contribution in [1.82, 2.24) is 4.98 Å². The molecule has 2 rings (SSSR count). The van der Waals surface area contributed by atoms with Gasteiger partial charge in [0.05, 0.1) is 0 Å². The summed E-state index contributed by atoms with van der Waals surface area (Å²) >= 11 is 0. The second-order valence-corrected chi connectivity index (χ2v) is 3.84. The molecule has 2 heteroatoms. The SMILES string of the molecule is CCc1cccc(-c2cncc(CN)c2)c1. The summed E-state index contributed by atoms with van der Waals surface area (Å²) in [5.74, 6) is 0. The van der Waals surface area contributed by atoms with Crippen LogP contribution in [0.15, 0.2) is 42.7 Å². The summed E-state index contributed by atoms with van der Waals surface area (Å²) in [6, 6.07) is 10.6. The van der Waals surface area contributed by atoms with Gasteiger partial charge in [-0.05, 0) is 29.2 Å². The third-order valence-corrected chi connectivity index (χ3v) is 2.70. The molecule has 16 heavy (non-hydrogen) atoms. The highest BCUT2D eigenvalue weighted by Gasteiger charge is 2.00. The van der Waals surface area contributed by atoms with Gasteiger partial charge >= 0.3 is 0 Å². The molecule has 2 nitrogen and oxygen atoms in total. The Morgan fingerprint density at radius 2 is 1.88 bits per heavy atom. The molecule has 0 unspecified atom stereocenters. The maximum absolute atomic E-state index is 5.61. The van der Waals surface area contributed by atoms with E-state index in [1.807, 2.05) is 12.4 Å².